The molecule has 2 fully saturated rings. The van der Waals surface area contributed by atoms with Gasteiger partial charge in [0.15, 0.2) is 0 Å². The number of fused-ring (bicyclic) bond motifs is 1. The zero-order valence-electron chi connectivity index (χ0n) is 14.6. The van der Waals surface area contributed by atoms with Crippen LogP contribution in [0.4, 0.5) is 0 Å². The largest absolute Gasteiger partial charge is 0.497 e. The predicted octanol–water partition coefficient (Wildman–Crippen LogP) is 1.07. The summed E-state index contributed by atoms with van der Waals surface area (Å²) in [6.07, 6.45) is 3.62. The smallest absolute Gasteiger partial charge is 0.230 e. The zero-order chi connectivity index (χ0) is 17.8. The summed E-state index contributed by atoms with van der Waals surface area (Å²) in [5.74, 6) is -0.140. The molecule has 2 saturated heterocycles. The van der Waals surface area contributed by atoms with Crippen LogP contribution in [0.25, 0.3) is 0 Å². The third-order valence-corrected chi connectivity index (χ3v) is 5.41. The summed E-state index contributed by atoms with van der Waals surface area (Å²) in [5.41, 5.74) is 0.342. The molecule has 3 aliphatic rings. The fourth-order valence-electron chi connectivity index (χ4n) is 4.28. The van der Waals surface area contributed by atoms with Crippen molar-refractivity contribution in [2.75, 3.05) is 27.7 Å². The molecule has 1 aromatic carbocycles. The molecule has 0 aliphatic carbocycles. The van der Waals surface area contributed by atoms with E-state index in [1.807, 2.05) is 36.4 Å². The van der Waals surface area contributed by atoms with Crippen molar-refractivity contribution < 1.29 is 19.1 Å². The lowest BCUT2D eigenvalue weighted by Crippen LogP contribution is -2.43. The Bertz CT molecular complexity index is 760. The molecule has 3 heterocycles. The normalized spacial score (nSPS) is 32.2. The van der Waals surface area contributed by atoms with Crippen molar-refractivity contribution in [3.63, 3.8) is 0 Å². The number of carbonyl (C=O) groups excluding carboxylic acids is 2. The van der Waals surface area contributed by atoms with E-state index in [0.29, 0.717) is 13.1 Å². The van der Waals surface area contributed by atoms with E-state index in [-0.39, 0.29) is 17.9 Å². The minimum atomic E-state index is -0.656. The quantitative estimate of drug-likeness (QED) is 0.768. The van der Waals surface area contributed by atoms with E-state index in [1.54, 1.807) is 31.0 Å². The fourth-order valence-corrected chi connectivity index (χ4v) is 4.28. The van der Waals surface area contributed by atoms with Gasteiger partial charge >= 0.3 is 0 Å². The number of amides is 2. The molecule has 4 rings (SSSR count). The van der Waals surface area contributed by atoms with E-state index < -0.39 is 17.4 Å². The molecule has 6 nitrogen and oxygen atoms in total. The van der Waals surface area contributed by atoms with Gasteiger partial charge in [-0.25, -0.2) is 0 Å². The minimum absolute atomic E-state index is 0.00475. The molecule has 1 spiro atoms. The summed E-state index contributed by atoms with van der Waals surface area (Å²) in [4.78, 5) is 29.0. The summed E-state index contributed by atoms with van der Waals surface area (Å²) in [6, 6.07) is 7.68. The van der Waals surface area contributed by atoms with Crippen LogP contribution in [0.2, 0.25) is 0 Å². The zero-order valence-corrected chi connectivity index (χ0v) is 14.6. The highest BCUT2D eigenvalue weighted by molar-refractivity contribution is 5.92. The number of benzene rings is 1. The van der Waals surface area contributed by atoms with E-state index in [9.17, 15) is 9.59 Å². The van der Waals surface area contributed by atoms with Gasteiger partial charge in [0.05, 0.1) is 31.6 Å². The van der Waals surface area contributed by atoms with E-state index in [1.165, 1.54) is 0 Å². The number of carbonyl (C=O) groups is 2. The minimum Gasteiger partial charge on any atom is -0.497 e. The first-order valence-electron chi connectivity index (χ1n) is 8.45. The molecule has 2 bridgehead atoms. The van der Waals surface area contributed by atoms with E-state index in [2.05, 4.69) is 0 Å². The van der Waals surface area contributed by atoms with Gasteiger partial charge in [0.2, 0.25) is 11.8 Å². The molecule has 0 aromatic heterocycles. The highest BCUT2D eigenvalue weighted by Crippen LogP contribution is 2.52. The predicted molar refractivity (Wildman–Crippen MR) is 90.8 cm³/mol. The van der Waals surface area contributed by atoms with Crippen LogP contribution in [0, 0.1) is 11.8 Å². The summed E-state index contributed by atoms with van der Waals surface area (Å²) < 4.78 is 11.4. The highest BCUT2D eigenvalue weighted by Gasteiger charge is 2.66. The molecule has 0 N–H and O–H groups in total. The number of ether oxygens (including phenoxy) is 2. The van der Waals surface area contributed by atoms with Crippen LogP contribution in [0.5, 0.6) is 5.75 Å². The number of nitrogens with zero attached hydrogens (tertiary/aromatic N) is 2. The number of likely N-dealkylation sites (tertiary alicyclic amines) is 1. The monoisotopic (exact) mass is 342 g/mol. The molecule has 0 radical (unpaired) electrons. The first kappa shape index (κ1) is 16.1. The topological polar surface area (TPSA) is 59.1 Å². The maximum absolute atomic E-state index is 13.1. The lowest BCUT2D eigenvalue weighted by molar-refractivity contribution is -0.141. The lowest BCUT2D eigenvalue weighted by atomic mass is 9.76. The van der Waals surface area contributed by atoms with Gasteiger partial charge in [-0.3, -0.25) is 9.59 Å². The van der Waals surface area contributed by atoms with Gasteiger partial charge in [-0.05, 0) is 17.7 Å². The van der Waals surface area contributed by atoms with E-state index in [4.69, 9.17) is 9.47 Å². The Morgan fingerprint density at radius 3 is 2.96 bits per heavy atom. The van der Waals surface area contributed by atoms with Crippen LogP contribution in [0.1, 0.15) is 5.56 Å². The Labute approximate surface area is 147 Å². The first-order chi connectivity index (χ1) is 11.9. The van der Waals surface area contributed by atoms with Crippen molar-refractivity contribution in [1.29, 1.82) is 0 Å². The van der Waals surface area contributed by atoms with E-state index >= 15 is 0 Å². The molecular weight excluding hydrogens is 320 g/mol. The molecule has 6 heteroatoms. The SMILES string of the molecule is COc1cccc(CN2C[C@]34C=C[C@H](O3)[C@H](C(=O)N(C)C)[C@@H]4C2=O)c1. The van der Waals surface area contributed by atoms with Gasteiger partial charge in [-0.2, -0.15) is 0 Å². The second-order valence-electron chi connectivity index (χ2n) is 7.18. The average Bonchev–Trinajstić information content (AvgIpc) is 3.23. The first-order valence-corrected chi connectivity index (χ1v) is 8.45. The maximum Gasteiger partial charge on any atom is 0.230 e. The molecule has 1 aromatic rings. The van der Waals surface area contributed by atoms with Crippen LogP contribution in [0.3, 0.4) is 0 Å². The molecule has 0 unspecified atom stereocenters. The Morgan fingerprint density at radius 2 is 2.24 bits per heavy atom. The Balaban J connectivity index is 1.60. The summed E-state index contributed by atoms with van der Waals surface area (Å²) in [5, 5.41) is 0. The van der Waals surface area contributed by atoms with Crippen molar-refractivity contribution in [3.05, 3.63) is 42.0 Å². The molecular formula is C19H22N2O4. The van der Waals surface area contributed by atoms with Crippen LogP contribution >= 0.6 is 0 Å². The van der Waals surface area contributed by atoms with Crippen molar-refractivity contribution in [1.82, 2.24) is 9.80 Å². The third kappa shape index (κ3) is 2.35. The summed E-state index contributed by atoms with van der Waals surface area (Å²) in [7, 11) is 5.06. The van der Waals surface area contributed by atoms with Gasteiger partial charge in [-0.15, -0.1) is 0 Å². The van der Waals surface area contributed by atoms with Crippen LogP contribution < -0.4 is 4.74 Å². The molecule has 132 valence electrons. The van der Waals surface area contributed by atoms with Gasteiger partial charge in [0, 0.05) is 20.6 Å². The highest BCUT2D eigenvalue weighted by atomic mass is 16.5. The molecule has 3 aliphatic heterocycles. The van der Waals surface area contributed by atoms with Crippen LogP contribution in [0.15, 0.2) is 36.4 Å². The van der Waals surface area contributed by atoms with E-state index in [0.717, 1.165) is 11.3 Å². The average molecular weight is 342 g/mol. The summed E-state index contributed by atoms with van der Waals surface area (Å²) >= 11 is 0. The Hall–Kier alpha value is -2.34. The molecule has 4 atom stereocenters. The summed E-state index contributed by atoms with van der Waals surface area (Å²) in [6.45, 7) is 0.969. The number of hydrogen-bond acceptors (Lipinski definition) is 4. The van der Waals surface area contributed by atoms with Gasteiger partial charge in [0.1, 0.15) is 11.4 Å². The molecule has 25 heavy (non-hydrogen) atoms. The van der Waals surface area contributed by atoms with Crippen LogP contribution in [-0.2, 0) is 20.9 Å². The fraction of sp³-hybridized carbons (Fsp3) is 0.474. The number of hydrogen-bond donors (Lipinski definition) is 0. The van der Waals surface area contributed by atoms with Crippen molar-refractivity contribution in [2.24, 2.45) is 11.8 Å². The Morgan fingerprint density at radius 1 is 1.44 bits per heavy atom. The van der Waals surface area contributed by atoms with Crippen molar-refractivity contribution >= 4 is 11.8 Å². The second kappa shape index (κ2) is 5.59. The van der Waals surface area contributed by atoms with Gasteiger partial charge in [0.25, 0.3) is 0 Å². The Kier molecular flexibility index (Phi) is 3.61. The van der Waals surface area contributed by atoms with Crippen LogP contribution in [-0.4, -0.2) is 61.1 Å². The van der Waals surface area contributed by atoms with Gasteiger partial charge in [-0.1, -0.05) is 24.3 Å². The molecule has 0 saturated carbocycles. The standard InChI is InChI=1S/C19H22N2O4/c1-20(2)17(22)15-14-7-8-19(25-14)11-21(18(23)16(15)19)10-12-5-4-6-13(9-12)24-3/h4-9,14-16H,10-11H2,1-3H3/t14-,15-,16+,19-/m0/s1. The third-order valence-electron chi connectivity index (χ3n) is 5.41. The molecule has 2 amide bonds. The number of methoxy groups -OCH3 is 1. The second-order valence-corrected chi connectivity index (χ2v) is 7.18. The van der Waals surface area contributed by atoms with Crippen molar-refractivity contribution in [3.8, 4) is 5.75 Å². The number of rotatable bonds is 4. The van der Waals surface area contributed by atoms with Crippen molar-refractivity contribution in [2.45, 2.75) is 18.2 Å². The van der Waals surface area contributed by atoms with Gasteiger partial charge < -0.3 is 19.3 Å². The maximum atomic E-state index is 13.1. The lowest BCUT2D eigenvalue weighted by Gasteiger charge is -2.25.